The molecule has 34 heavy (non-hydrogen) atoms. The molecule has 4 aromatic rings. The van der Waals surface area contributed by atoms with Crippen molar-refractivity contribution < 1.29 is 19.1 Å². The lowest BCUT2D eigenvalue weighted by atomic mass is 10.1. The molecule has 0 radical (unpaired) electrons. The zero-order valence-corrected chi connectivity index (χ0v) is 19.7. The number of methoxy groups -OCH3 is 2. The van der Waals surface area contributed by atoms with Crippen molar-refractivity contribution in [2.75, 3.05) is 25.3 Å². The monoisotopic (exact) mass is 473 g/mol. The largest absolute Gasteiger partial charge is 0.497 e. The number of aromatic nitrogens is 1. The van der Waals surface area contributed by atoms with Gasteiger partial charge in [0.05, 0.1) is 25.6 Å². The Kier molecular flexibility index (Phi) is 6.60. The first kappa shape index (κ1) is 23.0. The molecule has 0 spiro atoms. The molecule has 172 valence electrons. The molecule has 0 bridgehead atoms. The first-order valence-electron chi connectivity index (χ1n) is 10.4. The van der Waals surface area contributed by atoms with Crippen molar-refractivity contribution in [2.24, 2.45) is 0 Å². The summed E-state index contributed by atoms with van der Waals surface area (Å²) in [7, 11) is 3.18. The number of hydrogen-bond donors (Lipinski definition) is 2. The number of nitrogens with zero attached hydrogens (tertiary/aromatic N) is 1. The average Bonchev–Trinajstić information content (AvgIpc) is 3.18. The van der Waals surface area contributed by atoms with Gasteiger partial charge in [-0.1, -0.05) is 18.2 Å². The third-order valence-electron chi connectivity index (χ3n) is 5.27. The predicted molar refractivity (Wildman–Crippen MR) is 136 cm³/mol. The standard InChI is InChI=1S/C26H23N3O4S/c1-15-20(22(30)13-6-16-4-9-18(32-2)10-5-16)14-21-23(27)24(34-26(21)28-15)25(31)29-17-7-11-19(33-3)12-8-17/h4-14H,27H2,1-3H3,(H,29,31)/b13-6+. The van der Waals surface area contributed by atoms with Gasteiger partial charge in [0.25, 0.3) is 5.91 Å². The number of allylic oxidation sites excluding steroid dienone is 1. The number of anilines is 2. The molecule has 0 saturated heterocycles. The lowest BCUT2D eigenvalue weighted by molar-refractivity contribution is 0.102. The van der Waals surface area contributed by atoms with E-state index in [9.17, 15) is 9.59 Å². The van der Waals surface area contributed by atoms with Crippen LogP contribution < -0.4 is 20.5 Å². The maximum atomic E-state index is 12.9. The van der Waals surface area contributed by atoms with E-state index in [-0.39, 0.29) is 11.7 Å². The van der Waals surface area contributed by atoms with Gasteiger partial charge in [-0.25, -0.2) is 4.98 Å². The minimum Gasteiger partial charge on any atom is -0.497 e. The summed E-state index contributed by atoms with van der Waals surface area (Å²) in [6.07, 6.45) is 3.23. The van der Waals surface area contributed by atoms with E-state index < -0.39 is 0 Å². The summed E-state index contributed by atoms with van der Waals surface area (Å²) in [4.78, 5) is 31.2. The first-order valence-corrected chi connectivity index (χ1v) is 11.2. The summed E-state index contributed by atoms with van der Waals surface area (Å²) >= 11 is 1.19. The molecular formula is C26H23N3O4S. The van der Waals surface area contributed by atoms with Crippen LogP contribution in [0.1, 0.15) is 31.3 Å². The number of carbonyl (C=O) groups is 2. The van der Waals surface area contributed by atoms with Crippen molar-refractivity contribution in [1.29, 1.82) is 0 Å². The first-order chi connectivity index (χ1) is 16.4. The van der Waals surface area contributed by atoms with Crippen LogP contribution >= 0.6 is 11.3 Å². The molecule has 0 aliphatic carbocycles. The number of pyridine rings is 1. The molecular weight excluding hydrogens is 450 g/mol. The Morgan fingerprint density at radius 2 is 1.62 bits per heavy atom. The number of benzene rings is 2. The molecule has 0 aliphatic rings. The van der Waals surface area contributed by atoms with Gasteiger partial charge in [0, 0.05) is 16.6 Å². The van der Waals surface area contributed by atoms with Crippen LogP contribution in [0.4, 0.5) is 11.4 Å². The van der Waals surface area contributed by atoms with Gasteiger partial charge in [0.15, 0.2) is 5.78 Å². The van der Waals surface area contributed by atoms with E-state index in [1.54, 1.807) is 57.6 Å². The Morgan fingerprint density at radius 1 is 1.00 bits per heavy atom. The molecule has 2 aromatic heterocycles. The number of fused-ring (bicyclic) bond motifs is 1. The van der Waals surface area contributed by atoms with Crippen LogP contribution in [0.3, 0.4) is 0 Å². The van der Waals surface area contributed by atoms with Crippen LogP contribution in [0.2, 0.25) is 0 Å². The molecule has 0 saturated carbocycles. The fourth-order valence-electron chi connectivity index (χ4n) is 3.39. The van der Waals surface area contributed by atoms with Crippen molar-refractivity contribution in [1.82, 2.24) is 4.98 Å². The number of ether oxygens (including phenoxy) is 2. The van der Waals surface area contributed by atoms with E-state index in [4.69, 9.17) is 15.2 Å². The Hall–Kier alpha value is -4.17. The summed E-state index contributed by atoms with van der Waals surface area (Å²) in [6, 6.07) is 16.1. The summed E-state index contributed by atoms with van der Waals surface area (Å²) in [6.45, 7) is 1.76. The van der Waals surface area contributed by atoms with E-state index in [1.165, 1.54) is 17.4 Å². The van der Waals surface area contributed by atoms with Crippen LogP contribution in [-0.4, -0.2) is 30.9 Å². The van der Waals surface area contributed by atoms with Gasteiger partial charge >= 0.3 is 0 Å². The highest BCUT2D eigenvalue weighted by Gasteiger charge is 2.20. The molecule has 0 atom stereocenters. The number of nitrogen functional groups attached to an aromatic ring is 1. The van der Waals surface area contributed by atoms with E-state index in [1.807, 2.05) is 24.3 Å². The quantitative estimate of drug-likeness (QED) is 0.277. The number of nitrogens with two attached hydrogens (primary N) is 1. The maximum Gasteiger partial charge on any atom is 0.267 e. The van der Waals surface area contributed by atoms with Gasteiger partial charge in [-0.15, -0.1) is 11.3 Å². The Labute approximate surface area is 200 Å². The molecule has 2 aromatic carbocycles. The molecule has 0 aliphatic heterocycles. The number of nitrogens with one attached hydrogen (secondary N) is 1. The van der Waals surface area contributed by atoms with Gasteiger partial charge in [0.2, 0.25) is 0 Å². The predicted octanol–water partition coefficient (Wildman–Crippen LogP) is 5.35. The normalized spacial score (nSPS) is 11.0. The highest BCUT2D eigenvalue weighted by atomic mass is 32.1. The Morgan fingerprint density at radius 3 is 2.24 bits per heavy atom. The van der Waals surface area contributed by atoms with Crippen LogP contribution in [-0.2, 0) is 0 Å². The third kappa shape index (κ3) is 4.77. The molecule has 4 rings (SSSR count). The second kappa shape index (κ2) is 9.76. The second-order valence-corrected chi connectivity index (χ2v) is 8.47. The lowest BCUT2D eigenvalue weighted by Gasteiger charge is -2.05. The Bertz CT molecular complexity index is 1390. The van der Waals surface area contributed by atoms with Gasteiger partial charge in [0.1, 0.15) is 21.2 Å². The highest BCUT2D eigenvalue weighted by molar-refractivity contribution is 7.21. The van der Waals surface area contributed by atoms with E-state index in [2.05, 4.69) is 10.3 Å². The minimum atomic E-state index is -0.337. The lowest BCUT2D eigenvalue weighted by Crippen LogP contribution is -2.11. The van der Waals surface area contributed by atoms with Gasteiger partial charge in [-0.05, 0) is 61.0 Å². The fourth-order valence-corrected chi connectivity index (χ4v) is 4.40. The minimum absolute atomic E-state index is 0.197. The average molecular weight is 474 g/mol. The number of carbonyl (C=O) groups excluding carboxylic acids is 2. The van der Waals surface area contributed by atoms with Crippen LogP contribution in [0.5, 0.6) is 11.5 Å². The van der Waals surface area contributed by atoms with Crippen molar-refractivity contribution in [3.05, 3.63) is 82.4 Å². The van der Waals surface area contributed by atoms with Gasteiger partial charge in [-0.3, -0.25) is 9.59 Å². The van der Waals surface area contributed by atoms with E-state index in [0.717, 1.165) is 11.3 Å². The number of amides is 1. The number of aryl methyl sites for hydroxylation is 1. The number of hydrogen-bond acceptors (Lipinski definition) is 7. The van der Waals surface area contributed by atoms with Crippen molar-refractivity contribution in [2.45, 2.75) is 6.92 Å². The van der Waals surface area contributed by atoms with Crippen molar-refractivity contribution in [3.8, 4) is 11.5 Å². The topological polar surface area (TPSA) is 104 Å². The maximum absolute atomic E-state index is 12.9. The van der Waals surface area contributed by atoms with Crippen LogP contribution in [0.15, 0.2) is 60.7 Å². The number of ketones is 1. The number of thiophene rings is 1. The van der Waals surface area contributed by atoms with Crippen molar-refractivity contribution in [3.63, 3.8) is 0 Å². The SMILES string of the molecule is COc1ccc(/C=C/C(=O)c2cc3c(N)c(C(=O)Nc4ccc(OC)cc4)sc3nc2C)cc1. The molecule has 0 unspecified atom stereocenters. The molecule has 8 heteroatoms. The second-order valence-electron chi connectivity index (χ2n) is 7.47. The molecule has 7 nitrogen and oxygen atoms in total. The number of rotatable bonds is 7. The van der Waals surface area contributed by atoms with E-state index >= 15 is 0 Å². The smallest absolute Gasteiger partial charge is 0.267 e. The summed E-state index contributed by atoms with van der Waals surface area (Å²) < 4.78 is 10.3. The van der Waals surface area contributed by atoms with E-state index in [0.29, 0.717) is 43.5 Å². The van der Waals surface area contributed by atoms with Crippen molar-refractivity contribution >= 4 is 50.7 Å². The van der Waals surface area contributed by atoms with Gasteiger partial charge < -0.3 is 20.5 Å². The van der Waals surface area contributed by atoms with Crippen LogP contribution in [0.25, 0.3) is 16.3 Å². The molecule has 2 heterocycles. The fraction of sp³-hybridized carbons (Fsp3) is 0.115. The summed E-state index contributed by atoms with van der Waals surface area (Å²) in [5.41, 5.74) is 9.09. The zero-order valence-electron chi connectivity index (χ0n) is 18.9. The van der Waals surface area contributed by atoms with Gasteiger partial charge in [-0.2, -0.15) is 0 Å². The third-order valence-corrected chi connectivity index (χ3v) is 6.39. The highest BCUT2D eigenvalue weighted by Crippen LogP contribution is 2.34. The molecule has 0 fully saturated rings. The molecule has 3 N–H and O–H groups in total. The summed E-state index contributed by atoms with van der Waals surface area (Å²) in [5.74, 6) is 0.902. The Balaban J connectivity index is 1.58. The summed E-state index contributed by atoms with van der Waals surface area (Å²) in [5, 5.41) is 3.41. The zero-order chi connectivity index (χ0) is 24.2. The van der Waals surface area contributed by atoms with Crippen LogP contribution in [0, 0.1) is 6.92 Å². The molecule has 1 amide bonds.